The Balaban J connectivity index is 1.51. The highest BCUT2D eigenvalue weighted by Crippen LogP contribution is 2.29. The molecule has 0 aliphatic carbocycles. The topological polar surface area (TPSA) is 82.6 Å². The van der Waals surface area contributed by atoms with Gasteiger partial charge in [0.05, 0.1) is 11.3 Å². The molecule has 3 rings (SSSR count). The third-order valence-electron chi connectivity index (χ3n) is 3.78. The molecule has 29 heavy (non-hydrogen) atoms. The Labute approximate surface area is 164 Å². The molecular formula is C19H17F3N4O3. The molecule has 0 unspecified atom stereocenters. The Morgan fingerprint density at radius 2 is 1.83 bits per heavy atom. The van der Waals surface area contributed by atoms with Gasteiger partial charge in [0.25, 0.3) is 5.89 Å². The molecule has 152 valence electrons. The summed E-state index contributed by atoms with van der Waals surface area (Å²) >= 11 is 0. The van der Waals surface area contributed by atoms with E-state index in [9.17, 15) is 13.2 Å². The number of ether oxygens (including phenoxy) is 1. The average molecular weight is 406 g/mol. The first-order valence-electron chi connectivity index (χ1n) is 8.52. The molecule has 0 spiro atoms. The number of nitrogens with zero attached hydrogens (tertiary/aromatic N) is 4. The molecule has 0 saturated heterocycles. The number of rotatable bonds is 7. The molecule has 1 aromatic carbocycles. The number of aryl methyl sites for hydroxylation is 1. The zero-order valence-electron chi connectivity index (χ0n) is 15.6. The van der Waals surface area contributed by atoms with Crippen LogP contribution in [-0.2, 0) is 24.2 Å². The van der Waals surface area contributed by atoms with Crippen LogP contribution < -0.4 is 4.74 Å². The van der Waals surface area contributed by atoms with E-state index in [0.717, 1.165) is 12.1 Å². The molecule has 0 aliphatic rings. The number of hydrogen-bond acceptors (Lipinski definition) is 7. The Bertz CT molecular complexity index is 968. The second kappa shape index (κ2) is 8.72. The normalized spacial score (nSPS) is 12.1. The van der Waals surface area contributed by atoms with Crippen LogP contribution in [0.25, 0.3) is 0 Å². The van der Waals surface area contributed by atoms with Gasteiger partial charge in [-0.2, -0.15) is 13.2 Å². The van der Waals surface area contributed by atoms with Gasteiger partial charge >= 0.3 is 6.18 Å². The molecule has 7 nitrogen and oxygen atoms in total. The molecule has 0 radical (unpaired) electrons. The van der Waals surface area contributed by atoms with Crippen molar-refractivity contribution < 1.29 is 27.2 Å². The van der Waals surface area contributed by atoms with Gasteiger partial charge in [0.15, 0.2) is 6.61 Å². The summed E-state index contributed by atoms with van der Waals surface area (Å²) < 4.78 is 48.3. The van der Waals surface area contributed by atoms with Crippen molar-refractivity contribution >= 4 is 5.71 Å². The average Bonchev–Trinajstić information content (AvgIpc) is 3.11. The highest BCUT2D eigenvalue weighted by atomic mass is 19.4. The van der Waals surface area contributed by atoms with Crippen LogP contribution in [0, 0.1) is 6.92 Å². The van der Waals surface area contributed by atoms with Crippen molar-refractivity contribution in [1.82, 2.24) is 15.2 Å². The van der Waals surface area contributed by atoms with Gasteiger partial charge in [-0.1, -0.05) is 17.3 Å². The second-order valence-electron chi connectivity index (χ2n) is 6.03. The SMILES string of the molecule is CC(=NOCc1ccc(C(F)(F)F)cc1)c1ccc(OCc2nnc(C)o2)nc1. The van der Waals surface area contributed by atoms with Gasteiger partial charge in [-0.3, -0.25) is 0 Å². The van der Waals surface area contributed by atoms with E-state index in [4.69, 9.17) is 14.0 Å². The Morgan fingerprint density at radius 1 is 1.07 bits per heavy atom. The summed E-state index contributed by atoms with van der Waals surface area (Å²) in [5, 5.41) is 11.5. The molecule has 2 aromatic heterocycles. The van der Waals surface area contributed by atoms with E-state index >= 15 is 0 Å². The highest BCUT2D eigenvalue weighted by Gasteiger charge is 2.29. The van der Waals surface area contributed by atoms with Crippen molar-refractivity contribution in [3.8, 4) is 5.88 Å². The maximum atomic E-state index is 12.6. The predicted molar refractivity (Wildman–Crippen MR) is 96.0 cm³/mol. The van der Waals surface area contributed by atoms with Crippen LogP contribution in [0.3, 0.4) is 0 Å². The van der Waals surface area contributed by atoms with Crippen molar-refractivity contribution in [2.24, 2.45) is 5.16 Å². The molecular weight excluding hydrogens is 389 g/mol. The molecule has 0 saturated carbocycles. The molecule has 2 heterocycles. The zero-order valence-corrected chi connectivity index (χ0v) is 15.6. The molecule has 10 heteroatoms. The zero-order chi connectivity index (χ0) is 20.9. The summed E-state index contributed by atoms with van der Waals surface area (Å²) in [4.78, 5) is 9.38. The minimum absolute atomic E-state index is 0.0493. The second-order valence-corrected chi connectivity index (χ2v) is 6.03. The summed E-state index contributed by atoms with van der Waals surface area (Å²) in [5.74, 6) is 1.18. The number of alkyl halides is 3. The van der Waals surface area contributed by atoms with Crippen molar-refractivity contribution in [2.45, 2.75) is 33.2 Å². The quantitative estimate of drug-likeness (QED) is 0.430. The fourth-order valence-electron chi connectivity index (χ4n) is 2.26. The number of halogens is 3. The summed E-state index contributed by atoms with van der Waals surface area (Å²) in [7, 11) is 0. The monoisotopic (exact) mass is 406 g/mol. The van der Waals surface area contributed by atoms with Crippen LogP contribution in [0.15, 0.2) is 52.2 Å². The van der Waals surface area contributed by atoms with E-state index in [1.807, 2.05) is 0 Å². The molecule has 0 atom stereocenters. The van der Waals surface area contributed by atoms with Gasteiger partial charge in [0, 0.05) is 24.8 Å². The van der Waals surface area contributed by atoms with Crippen LogP contribution >= 0.6 is 0 Å². The molecule has 0 fully saturated rings. The molecule has 0 amide bonds. The Hall–Kier alpha value is -3.43. The van der Waals surface area contributed by atoms with Crippen LogP contribution in [0.5, 0.6) is 5.88 Å². The van der Waals surface area contributed by atoms with Crippen LogP contribution in [0.1, 0.15) is 35.4 Å². The largest absolute Gasteiger partial charge is 0.468 e. The number of hydrogen-bond donors (Lipinski definition) is 0. The molecule has 0 aliphatic heterocycles. The predicted octanol–water partition coefficient (Wildman–Crippen LogP) is 4.31. The summed E-state index contributed by atoms with van der Waals surface area (Å²) in [6.45, 7) is 3.57. The Morgan fingerprint density at radius 3 is 2.41 bits per heavy atom. The lowest BCUT2D eigenvalue weighted by atomic mass is 10.1. The van der Waals surface area contributed by atoms with E-state index < -0.39 is 11.7 Å². The van der Waals surface area contributed by atoms with E-state index in [1.165, 1.54) is 12.1 Å². The minimum Gasteiger partial charge on any atom is -0.468 e. The van der Waals surface area contributed by atoms with Gasteiger partial charge in [-0.15, -0.1) is 10.2 Å². The smallest absolute Gasteiger partial charge is 0.416 e. The third-order valence-corrected chi connectivity index (χ3v) is 3.78. The molecule has 3 aromatic rings. The first-order chi connectivity index (χ1) is 13.8. The van der Waals surface area contributed by atoms with Gasteiger partial charge in [-0.25, -0.2) is 4.98 Å². The van der Waals surface area contributed by atoms with Crippen molar-refractivity contribution in [1.29, 1.82) is 0 Å². The van der Waals surface area contributed by atoms with Crippen molar-refractivity contribution in [3.63, 3.8) is 0 Å². The fourth-order valence-corrected chi connectivity index (χ4v) is 2.26. The first-order valence-corrected chi connectivity index (χ1v) is 8.52. The van der Waals surface area contributed by atoms with Crippen LogP contribution in [0.2, 0.25) is 0 Å². The lowest BCUT2D eigenvalue weighted by Gasteiger charge is -2.07. The van der Waals surface area contributed by atoms with Crippen LogP contribution in [0.4, 0.5) is 13.2 Å². The highest BCUT2D eigenvalue weighted by molar-refractivity contribution is 5.98. The van der Waals surface area contributed by atoms with Gasteiger partial charge in [0.1, 0.15) is 6.61 Å². The van der Waals surface area contributed by atoms with Gasteiger partial charge in [-0.05, 0) is 30.7 Å². The fraction of sp³-hybridized carbons (Fsp3) is 0.263. The van der Waals surface area contributed by atoms with E-state index in [-0.39, 0.29) is 13.2 Å². The Kier molecular flexibility index (Phi) is 6.10. The van der Waals surface area contributed by atoms with Crippen LogP contribution in [-0.4, -0.2) is 20.9 Å². The lowest BCUT2D eigenvalue weighted by Crippen LogP contribution is -2.04. The number of aromatic nitrogens is 3. The molecule has 0 bridgehead atoms. The maximum Gasteiger partial charge on any atom is 0.416 e. The number of pyridine rings is 1. The molecule has 0 N–H and O–H groups in total. The van der Waals surface area contributed by atoms with Gasteiger partial charge < -0.3 is 14.0 Å². The lowest BCUT2D eigenvalue weighted by molar-refractivity contribution is -0.137. The number of benzene rings is 1. The first kappa shape index (κ1) is 20.3. The summed E-state index contributed by atoms with van der Waals surface area (Å²) in [6, 6.07) is 8.13. The standard InChI is InChI=1S/C19H17F3N4O3/c1-12(26-28-10-14-3-6-16(7-4-14)19(20,21)22)15-5-8-17(23-9-15)27-11-18-25-24-13(2)29-18/h3-9H,10-11H2,1-2H3. The minimum atomic E-state index is -4.36. The van der Waals surface area contributed by atoms with Crippen molar-refractivity contribution in [2.75, 3.05) is 0 Å². The summed E-state index contributed by atoms with van der Waals surface area (Å²) in [6.07, 6.45) is -2.80. The van der Waals surface area contributed by atoms with E-state index in [0.29, 0.717) is 34.5 Å². The third kappa shape index (κ3) is 5.77. The maximum absolute atomic E-state index is 12.6. The van der Waals surface area contributed by atoms with Gasteiger partial charge in [0.2, 0.25) is 11.8 Å². The summed E-state index contributed by atoms with van der Waals surface area (Å²) in [5.41, 5.74) is 1.14. The van der Waals surface area contributed by atoms with E-state index in [1.54, 1.807) is 32.2 Å². The number of oxime groups is 1. The van der Waals surface area contributed by atoms with E-state index in [2.05, 4.69) is 20.3 Å². The van der Waals surface area contributed by atoms with Crippen molar-refractivity contribution in [3.05, 3.63) is 71.1 Å².